The van der Waals surface area contributed by atoms with Crippen molar-refractivity contribution in [2.45, 2.75) is 6.04 Å². The van der Waals surface area contributed by atoms with E-state index in [0.717, 1.165) is 17.3 Å². The van der Waals surface area contributed by atoms with Gasteiger partial charge in [0.1, 0.15) is 0 Å². The van der Waals surface area contributed by atoms with Crippen LogP contribution in [0.1, 0.15) is 10.5 Å². The highest BCUT2D eigenvalue weighted by Gasteiger charge is 2.43. The molecule has 3 heterocycles. The largest absolute Gasteiger partial charge is 0.355 e. The molecule has 2 saturated heterocycles. The molecular formula is C16H13N3O4S. The summed E-state index contributed by atoms with van der Waals surface area (Å²) in [6, 6.07) is 10.8. The molecule has 2 aromatic rings. The van der Waals surface area contributed by atoms with Gasteiger partial charge in [-0.15, -0.1) is 0 Å². The summed E-state index contributed by atoms with van der Waals surface area (Å²) >= 11 is 1.00. The van der Waals surface area contributed by atoms with Crippen molar-refractivity contribution < 1.29 is 18.9 Å². The van der Waals surface area contributed by atoms with Crippen LogP contribution < -0.4 is 0 Å². The van der Waals surface area contributed by atoms with Crippen molar-refractivity contribution >= 4 is 28.8 Å². The van der Waals surface area contributed by atoms with E-state index < -0.39 is 0 Å². The maximum atomic E-state index is 12.4. The zero-order chi connectivity index (χ0) is 16.7. The lowest BCUT2D eigenvalue weighted by Gasteiger charge is -2.42. The van der Waals surface area contributed by atoms with Crippen LogP contribution in [0.4, 0.5) is 4.79 Å². The molecule has 7 nitrogen and oxygen atoms in total. The van der Waals surface area contributed by atoms with Gasteiger partial charge in [-0.25, -0.2) is 0 Å². The van der Waals surface area contributed by atoms with Crippen molar-refractivity contribution in [3.05, 3.63) is 42.1 Å². The van der Waals surface area contributed by atoms with Crippen LogP contribution >= 0.6 is 11.8 Å². The van der Waals surface area contributed by atoms with Crippen molar-refractivity contribution in [2.75, 3.05) is 18.8 Å². The molecule has 1 aromatic heterocycles. The zero-order valence-corrected chi connectivity index (χ0v) is 13.4. The Labute approximate surface area is 141 Å². The van der Waals surface area contributed by atoms with Crippen LogP contribution in [0, 0.1) is 0 Å². The first-order chi connectivity index (χ1) is 11.6. The molecule has 3 amide bonds. The predicted molar refractivity (Wildman–Crippen MR) is 86.3 cm³/mol. The van der Waals surface area contributed by atoms with Crippen molar-refractivity contribution in [3.63, 3.8) is 0 Å². The van der Waals surface area contributed by atoms with E-state index in [1.165, 1.54) is 4.90 Å². The number of amides is 3. The van der Waals surface area contributed by atoms with Crippen molar-refractivity contribution in [3.8, 4) is 11.3 Å². The lowest BCUT2D eigenvalue weighted by Crippen LogP contribution is -2.62. The maximum Gasteiger partial charge on any atom is 0.289 e. The molecule has 0 bridgehead atoms. The molecule has 2 aliphatic heterocycles. The molecule has 0 atom stereocenters. The Morgan fingerprint density at radius 1 is 1.21 bits per heavy atom. The van der Waals surface area contributed by atoms with Gasteiger partial charge in [-0.1, -0.05) is 47.3 Å². The molecule has 24 heavy (non-hydrogen) atoms. The summed E-state index contributed by atoms with van der Waals surface area (Å²) in [7, 11) is 0. The highest BCUT2D eigenvalue weighted by Crippen LogP contribution is 2.27. The second-order valence-electron chi connectivity index (χ2n) is 5.62. The molecule has 0 unspecified atom stereocenters. The lowest BCUT2D eigenvalue weighted by atomic mass is 10.1. The van der Waals surface area contributed by atoms with Gasteiger partial charge in [-0.2, -0.15) is 0 Å². The highest BCUT2D eigenvalue weighted by atomic mass is 32.2. The minimum absolute atomic E-state index is 0.185. The molecule has 0 spiro atoms. The van der Waals surface area contributed by atoms with E-state index in [0.29, 0.717) is 18.8 Å². The normalized spacial score (nSPS) is 18.2. The van der Waals surface area contributed by atoms with Gasteiger partial charge in [0.15, 0.2) is 11.5 Å². The Hall–Kier alpha value is -2.61. The van der Waals surface area contributed by atoms with Crippen molar-refractivity contribution in [2.24, 2.45) is 0 Å². The molecule has 4 rings (SSSR count). The quantitative estimate of drug-likeness (QED) is 0.846. The number of thioether (sulfide) groups is 1. The van der Waals surface area contributed by atoms with Gasteiger partial charge in [0.2, 0.25) is 5.91 Å². The molecular weight excluding hydrogens is 330 g/mol. The summed E-state index contributed by atoms with van der Waals surface area (Å²) in [6.07, 6.45) is 0. The SMILES string of the molecule is O=C(c1cc(-c2ccccc2)on1)N1CC(N2C(=O)CSC2=O)C1. The van der Waals surface area contributed by atoms with E-state index in [9.17, 15) is 14.4 Å². The minimum atomic E-state index is -0.260. The average molecular weight is 343 g/mol. The number of hydrogen-bond acceptors (Lipinski definition) is 6. The number of imide groups is 1. The summed E-state index contributed by atoms with van der Waals surface area (Å²) in [5.41, 5.74) is 1.07. The number of benzene rings is 1. The number of likely N-dealkylation sites (tertiary alicyclic amines) is 1. The van der Waals surface area contributed by atoms with Crippen LogP contribution in [0.5, 0.6) is 0 Å². The first kappa shape index (κ1) is 14.9. The average Bonchev–Trinajstić information content (AvgIpc) is 3.16. The smallest absolute Gasteiger partial charge is 0.289 e. The molecule has 0 radical (unpaired) electrons. The van der Waals surface area contributed by atoms with Gasteiger partial charge in [-0.3, -0.25) is 19.3 Å². The molecule has 0 aliphatic carbocycles. The maximum absolute atomic E-state index is 12.4. The first-order valence-electron chi connectivity index (χ1n) is 7.44. The molecule has 1 aromatic carbocycles. The topological polar surface area (TPSA) is 83.7 Å². The zero-order valence-electron chi connectivity index (χ0n) is 12.5. The lowest BCUT2D eigenvalue weighted by molar-refractivity contribution is -0.128. The van der Waals surface area contributed by atoms with E-state index >= 15 is 0 Å². The Morgan fingerprint density at radius 2 is 1.96 bits per heavy atom. The van der Waals surface area contributed by atoms with E-state index in [4.69, 9.17) is 4.52 Å². The molecule has 0 N–H and O–H groups in total. The number of nitrogens with zero attached hydrogens (tertiary/aromatic N) is 3. The molecule has 0 saturated carbocycles. The van der Waals surface area contributed by atoms with E-state index in [-0.39, 0.29) is 34.5 Å². The van der Waals surface area contributed by atoms with Gasteiger partial charge in [0.05, 0.1) is 11.8 Å². The van der Waals surface area contributed by atoms with Gasteiger partial charge in [0, 0.05) is 24.7 Å². The fourth-order valence-electron chi connectivity index (χ4n) is 2.78. The standard InChI is InChI=1S/C16H13N3O4S/c20-14-9-24-16(22)19(14)11-7-18(8-11)15(21)12-6-13(23-17-12)10-4-2-1-3-5-10/h1-6,11H,7-9H2. The van der Waals surface area contributed by atoms with Crippen LogP contribution in [0.15, 0.2) is 40.9 Å². The summed E-state index contributed by atoms with van der Waals surface area (Å²) < 4.78 is 5.23. The van der Waals surface area contributed by atoms with Gasteiger partial charge < -0.3 is 9.42 Å². The number of hydrogen-bond donors (Lipinski definition) is 0. The fraction of sp³-hybridized carbons (Fsp3) is 0.250. The third-order valence-corrected chi connectivity index (χ3v) is 4.92. The third kappa shape index (κ3) is 2.48. The Morgan fingerprint density at radius 3 is 2.62 bits per heavy atom. The summed E-state index contributed by atoms with van der Waals surface area (Å²) in [4.78, 5) is 38.6. The number of aromatic nitrogens is 1. The van der Waals surface area contributed by atoms with Crippen molar-refractivity contribution in [1.82, 2.24) is 15.0 Å². The highest BCUT2D eigenvalue weighted by molar-refractivity contribution is 8.14. The number of carbonyl (C=O) groups is 3. The number of rotatable bonds is 3. The van der Waals surface area contributed by atoms with Gasteiger partial charge in [0.25, 0.3) is 11.1 Å². The van der Waals surface area contributed by atoms with Crippen molar-refractivity contribution in [1.29, 1.82) is 0 Å². The Balaban J connectivity index is 1.42. The third-order valence-electron chi connectivity index (χ3n) is 4.09. The summed E-state index contributed by atoms with van der Waals surface area (Å²) in [5.74, 6) is 0.267. The fourth-order valence-corrected chi connectivity index (χ4v) is 3.55. The molecule has 8 heteroatoms. The molecule has 2 aliphatic rings. The minimum Gasteiger partial charge on any atom is -0.355 e. The van der Waals surface area contributed by atoms with Gasteiger partial charge >= 0.3 is 0 Å². The Kier molecular flexibility index (Phi) is 3.61. The second kappa shape index (κ2) is 5.79. The van der Waals surface area contributed by atoms with E-state index in [1.54, 1.807) is 11.0 Å². The van der Waals surface area contributed by atoms with Crippen LogP contribution in [0.3, 0.4) is 0 Å². The predicted octanol–water partition coefficient (Wildman–Crippen LogP) is 1.86. The van der Waals surface area contributed by atoms with E-state index in [2.05, 4.69) is 5.16 Å². The molecule has 122 valence electrons. The summed E-state index contributed by atoms with van der Waals surface area (Å²) in [6.45, 7) is 0.675. The van der Waals surface area contributed by atoms with Gasteiger partial charge in [-0.05, 0) is 0 Å². The first-order valence-corrected chi connectivity index (χ1v) is 8.42. The second-order valence-corrected chi connectivity index (χ2v) is 6.55. The Bertz CT molecular complexity index is 798. The summed E-state index contributed by atoms with van der Waals surface area (Å²) in [5, 5.41) is 3.60. The van der Waals surface area contributed by atoms with Crippen LogP contribution in [0.2, 0.25) is 0 Å². The van der Waals surface area contributed by atoms with E-state index in [1.807, 2.05) is 30.3 Å². The monoisotopic (exact) mass is 343 g/mol. The molecule has 2 fully saturated rings. The number of carbonyl (C=O) groups excluding carboxylic acids is 3. The van der Waals surface area contributed by atoms with Crippen LogP contribution in [0.25, 0.3) is 11.3 Å². The van der Waals surface area contributed by atoms with Crippen LogP contribution in [-0.2, 0) is 4.79 Å². The van der Waals surface area contributed by atoms with Crippen LogP contribution in [-0.4, -0.2) is 56.9 Å².